The maximum absolute atomic E-state index is 8.95. The van der Waals surface area contributed by atoms with Crippen LogP contribution in [0.4, 0.5) is 0 Å². The number of nitrogens with one attached hydrogen (secondary N) is 1. The second-order valence-corrected chi connectivity index (χ2v) is 2.97. The Morgan fingerprint density at radius 1 is 1.36 bits per heavy atom. The molecule has 2 N–H and O–H groups in total. The molecule has 74 valence electrons. The van der Waals surface area contributed by atoms with Crippen molar-refractivity contribution in [3.8, 4) is 0 Å². The molecule has 0 aliphatic carbocycles. The van der Waals surface area contributed by atoms with Gasteiger partial charge in [-0.05, 0) is 12.0 Å². The topological polar surface area (TPSA) is 32.3 Å². The molecule has 0 aliphatic rings. The molecular formula is C12H15NO. The molecule has 0 aromatic heterocycles. The molecule has 14 heavy (non-hydrogen) atoms. The molecule has 1 unspecified atom stereocenters. The van der Waals surface area contributed by atoms with Gasteiger partial charge in [-0.1, -0.05) is 48.6 Å². The molecule has 1 aromatic rings. The maximum Gasteiger partial charge on any atom is 0.0750 e. The summed E-state index contributed by atoms with van der Waals surface area (Å²) in [6, 6.07) is 9.63. The van der Waals surface area contributed by atoms with Crippen molar-refractivity contribution >= 4 is 0 Å². The van der Waals surface area contributed by atoms with Gasteiger partial charge in [-0.25, -0.2) is 0 Å². The van der Waals surface area contributed by atoms with Crippen LogP contribution in [-0.4, -0.2) is 5.21 Å². The minimum atomic E-state index is -0.142. The predicted octanol–water partition coefficient (Wildman–Crippen LogP) is 2.84. The van der Waals surface area contributed by atoms with Crippen LogP contribution in [0.15, 0.2) is 55.1 Å². The van der Waals surface area contributed by atoms with Gasteiger partial charge >= 0.3 is 0 Å². The first kappa shape index (κ1) is 10.7. The molecule has 0 radical (unpaired) electrons. The van der Waals surface area contributed by atoms with Gasteiger partial charge in [-0.3, -0.25) is 0 Å². The van der Waals surface area contributed by atoms with Crippen LogP contribution in [0.25, 0.3) is 0 Å². The van der Waals surface area contributed by atoms with E-state index in [2.05, 4.69) is 12.1 Å². The Balaban J connectivity index is 2.67. The van der Waals surface area contributed by atoms with Crippen molar-refractivity contribution in [2.75, 3.05) is 0 Å². The van der Waals surface area contributed by atoms with Crippen molar-refractivity contribution in [3.05, 3.63) is 60.7 Å². The van der Waals surface area contributed by atoms with E-state index in [1.54, 1.807) is 0 Å². The van der Waals surface area contributed by atoms with Gasteiger partial charge in [0.25, 0.3) is 0 Å². The summed E-state index contributed by atoms with van der Waals surface area (Å²) in [6.07, 6.45) is 6.51. The molecule has 0 amide bonds. The van der Waals surface area contributed by atoms with Gasteiger partial charge in [0.1, 0.15) is 0 Å². The van der Waals surface area contributed by atoms with E-state index >= 15 is 0 Å². The fourth-order valence-corrected chi connectivity index (χ4v) is 1.20. The zero-order chi connectivity index (χ0) is 10.2. The van der Waals surface area contributed by atoms with Crippen LogP contribution in [-0.2, 0) is 0 Å². The van der Waals surface area contributed by atoms with E-state index in [-0.39, 0.29) is 6.04 Å². The van der Waals surface area contributed by atoms with Crippen LogP contribution in [0.1, 0.15) is 18.0 Å². The molecular weight excluding hydrogens is 174 g/mol. The van der Waals surface area contributed by atoms with Crippen LogP contribution in [0, 0.1) is 0 Å². The van der Waals surface area contributed by atoms with Crippen molar-refractivity contribution < 1.29 is 5.21 Å². The summed E-state index contributed by atoms with van der Waals surface area (Å²) in [7, 11) is 0. The van der Waals surface area contributed by atoms with Crippen molar-refractivity contribution in [1.82, 2.24) is 5.48 Å². The standard InChI is InChI=1S/C12H15NO/c1-2-3-5-10-12(13-14)11-8-6-4-7-9-11/h2,4-10,12-14H,1,3H2/b10-5+. The summed E-state index contributed by atoms with van der Waals surface area (Å²) >= 11 is 0. The fraction of sp³-hybridized carbons (Fsp3) is 0.167. The lowest BCUT2D eigenvalue weighted by atomic mass is 10.1. The maximum atomic E-state index is 8.95. The van der Waals surface area contributed by atoms with Gasteiger partial charge in [-0.2, -0.15) is 5.48 Å². The van der Waals surface area contributed by atoms with Gasteiger partial charge in [0.2, 0.25) is 0 Å². The number of hydrogen-bond donors (Lipinski definition) is 2. The third-order valence-corrected chi connectivity index (χ3v) is 1.93. The smallest absolute Gasteiger partial charge is 0.0750 e. The second-order valence-electron chi connectivity index (χ2n) is 2.97. The quantitative estimate of drug-likeness (QED) is 0.551. The Morgan fingerprint density at radius 2 is 2.07 bits per heavy atom. The Morgan fingerprint density at radius 3 is 2.64 bits per heavy atom. The van der Waals surface area contributed by atoms with Crippen LogP contribution in [0.5, 0.6) is 0 Å². The summed E-state index contributed by atoms with van der Waals surface area (Å²) in [5, 5.41) is 8.95. The average Bonchev–Trinajstić information content (AvgIpc) is 2.26. The fourth-order valence-electron chi connectivity index (χ4n) is 1.20. The lowest BCUT2D eigenvalue weighted by molar-refractivity contribution is 0.144. The Labute approximate surface area is 84.5 Å². The van der Waals surface area contributed by atoms with Crippen LogP contribution in [0.2, 0.25) is 0 Å². The minimum Gasteiger partial charge on any atom is -0.316 e. The van der Waals surface area contributed by atoms with E-state index in [0.29, 0.717) is 0 Å². The molecule has 2 nitrogen and oxygen atoms in total. The van der Waals surface area contributed by atoms with Crippen molar-refractivity contribution in [2.24, 2.45) is 0 Å². The highest BCUT2D eigenvalue weighted by Gasteiger charge is 2.03. The number of hydrogen-bond acceptors (Lipinski definition) is 2. The molecule has 0 saturated heterocycles. The number of benzene rings is 1. The first-order chi connectivity index (χ1) is 6.88. The summed E-state index contributed by atoms with van der Waals surface area (Å²) in [6.45, 7) is 3.62. The lowest BCUT2D eigenvalue weighted by Gasteiger charge is -2.10. The Bertz CT molecular complexity index is 292. The molecule has 1 aromatic carbocycles. The largest absolute Gasteiger partial charge is 0.316 e. The minimum absolute atomic E-state index is 0.142. The van der Waals surface area contributed by atoms with Gasteiger partial charge in [0.05, 0.1) is 6.04 Å². The van der Waals surface area contributed by atoms with E-state index in [4.69, 9.17) is 5.21 Å². The lowest BCUT2D eigenvalue weighted by Crippen LogP contribution is -2.14. The molecule has 2 heteroatoms. The number of hydroxylamine groups is 1. The van der Waals surface area contributed by atoms with E-state index in [9.17, 15) is 0 Å². The molecule has 0 spiro atoms. The second kappa shape index (κ2) is 6.13. The molecule has 0 fully saturated rings. The normalized spacial score (nSPS) is 12.9. The highest BCUT2D eigenvalue weighted by Crippen LogP contribution is 2.13. The highest BCUT2D eigenvalue weighted by molar-refractivity contribution is 5.22. The molecule has 1 atom stereocenters. The van der Waals surface area contributed by atoms with Gasteiger partial charge < -0.3 is 5.21 Å². The zero-order valence-electron chi connectivity index (χ0n) is 8.06. The SMILES string of the molecule is C=CC/C=C/C(NO)c1ccccc1. The van der Waals surface area contributed by atoms with E-state index < -0.39 is 0 Å². The van der Waals surface area contributed by atoms with E-state index in [1.165, 1.54) is 0 Å². The molecule has 0 bridgehead atoms. The summed E-state index contributed by atoms with van der Waals surface area (Å²) < 4.78 is 0. The van der Waals surface area contributed by atoms with Crippen LogP contribution < -0.4 is 5.48 Å². The zero-order valence-corrected chi connectivity index (χ0v) is 8.06. The highest BCUT2D eigenvalue weighted by atomic mass is 16.5. The third kappa shape index (κ3) is 3.17. The van der Waals surface area contributed by atoms with Crippen LogP contribution in [0.3, 0.4) is 0 Å². The predicted molar refractivity (Wildman–Crippen MR) is 58.1 cm³/mol. The van der Waals surface area contributed by atoms with E-state index in [1.807, 2.05) is 48.6 Å². The van der Waals surface area contributed by atoms with Gasteiger partial charge in [0.15, 0.2) is 0 Å². The molecule has 0 saturated carbocycles. The molecule has 1 rings (SSSR count). The molecule has 0 aliphatic heterocycles. The first-order valence-electron chi connectivity index (χ1n) is 4.60. The van der Waals surface area contributed by atoms with Crippen molar-refractivity contribution in [1.29, 1.82) is 0 Å². The summed E-state index contributed by atoms with van der Waals surface area (Å²) in [5.74, 6) is 0. The van der Waals surface area contributed by atoms with Crippen LogP contribution >= 0.6 is 0 Å². The van der Waals surface area contributed by atoms with Crippen molar-refractivity contribution in [3.63, 3.8) is 0 Å². The summed E-state index contributed by atoms with van der Waals surface area (Å²) in [4.78, 5) is 0. The van der Waals surface area contributed by atoms with Gasteiger partial charge in [-0.15, -0.1) is 6.58 Å². The average molecular weight is 189 g/mol. The third-order valence-electron chi connectivity index (χ3n) is 1.93. The number of rotatable bonds is 5. The monoisotopic (exact) mass is 189 g/mol. The molecule has 0 heterocycles. The Kier molecular flexibility index (Phi) is 4.69. The first-order valence-corrected chi connectivity index (χ1v) is 4.60. The Hall–Kier alpha value is -1.38. The summed E-state index contributed by atoms with van der Waals surface area (Å²) in [5.41, 5.74) is 3.29. The number of allylic oxidation sites excluding steroid dienone is 2. The van der Waals surface area contributed by atoms with Crippen molar-refractivity contribution in [2.45, 2.75) is 12.5 Å². The van der Waals surface area contributed by atoms with E-state index in [0.717, 1.165) is 12.0 Å². The van der Waals surface area contributed by atoms with Gasteiger partial charge in [0, 0.05) is 0 Å².